The van der Waals surface area contributed by atoms with Gasteiger partial charge in [-0.3, -0.25) is 0 Å². The summed E-state index contributed by atoms with van der Waals surface area (Å²) < 4.78 is 0. The first-order valence-electron chi connectivity index (χ1n) is 8.20. The van der Waals surface area contributed by atoms with Crippen LogP contribution in [0.2, 0.25) is 0 Å². The van der Waals surface area contributed by atoms with Crippen molar-refractivity contribution in [2.24, 2.45) is 5.92 Å². The smallest absolute Gasteiger partial charge is 0.0271 e. The molecule has 0 spiro atoms. The Labute approximate surface area is 128 Å². The second kappa shape index (κ2) is 11.1. The number of rotatable bonds is 10. The van der Waals surface area contributed by atoms with Gasteiger partial charge in [-0.05, 0) is 42.5 Å². The van der Waals surface area contributed by atoms with Crippen molar-refractivity contribution in [1.29, 1.82) is 0 Å². The molecule has 0 bridgehead atoms. The standard InChI is InChI=1S/C19H31P/c1-17(2)13-9-7-5-3-4-6-8-10-14-18-15-11-12-16-19(18)20/h9,11-13,15-17H,3-8,10,14,20H2,1-2H3. The van der Waals surface area contributed by atoms with E-state index in [0.717, 1.165) is 0 Å². The number of benzene rings is 1. The normalized spacial score (nSPS) is 11.6. The molecule has 1 aromatic rings. The van der Waals surface area contributed by atoms with Gasteiger partial charge in [0.25, 0.3) is 0 Å². The molecule has 1 rings (SSSR count). The van der Waals surface area contributed by atoms with E-state index in [1.807, 2.05) is 0 Å². The van der Waals surface area contributed by atoms with Crippen molar-refractivity contribution in [3.05, 3.63) is 42.0 Å². The van der Waals surface area contributed by atoms with Gasteiger partial charge in [-0.1, -0.05) is 75.9 Å². The summed E-state index contributed by atoms with van der Waals surface area (Å²) in [5, 5.41) is 1.37. The molecule has 0 aromatic heterocycles. The minimum Gasteiger partial charge on any atom is -0.105 e. The first-order chi connectivity index (χ1) is 9.70. The van der Waals surface area contributed by atoms with Gasteiger partial charge in [0.1, 0.15) is 0 Å². The molecule has 1 heteroatoms. The zero-order chi connectivity index (χ0) is 14.6. The van der Waals surface area contributed by atoms with E-state index in [1.165, 1.54) is 62.2 Å². The fourth-order valence-electron chi connectivity index (χ4n) is 2.42. The summed E-state index contributed by atoms with van der Waals surface area (Å²) in [7, 11) is 2.84. The second-order valence-electron chi connectivity index (χ2n) is 6.03. The van der Waals surface area contributed by atoms with Crippen LogP contribution in [0.25, 0.3) is 0 Å². The van der Waals surface area contributed by atoms with E-state index in [4.69, 9.17) is 0 Å². The lowest BCUT2D eigenvalue weighted by Crippen LogP contribution is -2.00. The summed E-state index contributed by atoms with van der Waals surface area (Å²) in [4.78, 5) is 0. The predicted molar refractivity (Wildman–Crippen MR) is 95.8 cm³/mol. The Morgan fingerprint density at radius 1 is 0.950 bits per heavy atom. The van der Waals surface area contributed by atoms with Gasteiger partial charge in [0.2, 0.25) is 0 Å². The molecular formula is C19H31P. The number of hydrogen-bond acceptors (Lipinski definition) is 0. The molecule has 112 valence electrons. The van der Waals surface area contributed by atoms with Gasteiger partial charge in [0, 0.05) is 0 Å². The van der Waals surface area contributed by atoms with Crippen LogP contribution < -0.4 is 5.30 Å². The highest BCUT2D eigenvalue weighted by Crippen LogP contribution is 2.11. The van der Waals surface area contributed by atoms with Gasteiger partial charge in [-0.2, -0.15) is 0 Å². The molecule has 0 heterocycles. The first-order valence-corrected chi connectivity index (χ1v) is 8.78. The third-order valence-corrected chi connectivity index (χ3v) is 4.21. The van der Waals surface area contributed by atoms with Crippen LogP contribution in [-0.2, 0) is 6.42 Å². The number of allylic oxidation sites excluding steroid dienone is 2. The second-order valence-corrected chi connectivity index (χ2v) is 6.65. The Bertz CT molecular complexity index is 379. The summed E-state index contributed by atoms with van der Waals surface area (Å²) in [6.07, 6.45) is 15.4. The fourth-order valence-corrected chi connectivity index (χ4v) is 2.77. The highest BCUT2D eigenvalue weighted by Gasteiger charge is 1.97. The largest absolute Gasteiger partial charge is 0.105 e. The van der Waals surface area contributed by atoms with Crippen molar-refractivity contribution in [2.75, 3.05) is 0 Å². The van der Waals surface area contributed by atoms with E-state index in [0.29, 0.717) is 5.92 Å². The van der Waals surface area contributed by atoms with Gasteiger partial charge in [0.05, 0.1) is 0 Å². The molecule has 1 aromatic carbocycles. The SMILES string of the molecule is CC(C)C=CCCCCCCCCc1ccccc1P. The molecule has 0 fully saturated rings. The Morgan fingerprint density at radius 2 is 1.60 bits per heavy atom. The molecule has 0 aliphatic heterocycles. The average molecular weight is 290 g/mol. The topological polar surface area (TPSA) is 0 Å². The van der Waals surface area contributed by atoms with Crippen molar-refractivity contribution in [2.45, 2.75) is 65.2 Å². The van der Waals surface area contributed by atoms with E-state index in [9.17, 15) is 0 Å². The van der Waals surface area contributed by atoms with E-state index in [2.05, 4.69) is 59.5 Å². The van der Waals surface area contributed by atoms with Gasteiger partial charge in [-0.15, -0.1) is 9.24 Å². The Balaban J connectivity index is 1.94. The van der Waals surface area contributed by atoms with Gasteiger partial charge in [0.15, 0.2) is 0 Å². The quantitative estimate of drug-likeness (QED) is 0.296. The molecule has 0 radical (unpaired) electrons. The molecule has 0 aliphatic carbocycles. The maximum absolute atomic E-state index is 2.84. The monoisotopic (exact) mass is 290 g/mol. The molecule has 0 saturated heterocycles. The van der Waals surface area contributed by atoms with Crippen LogP contribution in [-0.4, -0.2) is 0 Å². The molecule has 1 unspecified atom stereocenters. The number of aryl methyl sites for hydroxylation is 1. The van der Waals surface area contributed by atoms with Crippen LogP contribution in [0.1, 0.15) is 64.4 Å². The Hall–Kier alpha value is -0.610. The highest BCUT2D eigenvalue weighted by molar-refractivity contribution is 7.27. The van der Waals surface area contributed by atoms with E-state index < -0.39 is 0 Å². The van der Waals surface area contributed by atoms with Crippen LogP contribution in [0.3, 0.4) is 0 Å². The fraction of sp³-hybridized carbons (Fsp3) is 0.579. The van der Waals surface area contributed by atoms with Crippen LogP contribution in [0.15, 0.2) is 36.4 Å². The van der Waals surface area contributed by atoms with E-state index in [-0.39, 0.29) is 0 Å². The maximum Gasteiger partial charge on any atom is -0.0271 e. The van der Waals surface area contributed by atoms with Crippen molar-refractivity contribution < 1.29 is 0 Å². The summed E-state index contributed by atoms with van der Waals surface area (Å²) in [5.74, 6) is 0.703. The predicted octanol–water partition coefficient (Wildman–Crippen LogP) is 5.67. The van der Waals surface area contributed by atoms with Crippen LogP contribution in [0, 0.1) is 5.92 Å². The summed E-state index contributed by atoms with van der Waals surface area (Å²) in [6, 6.07) is 8.70. The Kier molecular flexibility index (Phi) is 9.67. The van der Waals surface area contributed by atoms with E-state index in [1.54, 1.807) is 0 Å². The van der Waals surface area contributed by atoms with Gasteiger partial charge >= 0.3 is 0 Å². The van der Waals surface area contributed by atoms with Crippen molar-refractivity contribution in [1.82, 2.24) is 0 Å². The summed E-state index contributed by atoms with van der Waals surface area (Å²) >= 11 is 0. The van der Waals surface area contributed by atoms with Crippen LogP contribution in [0.4, 0.5) is 0 Å². The highest BCUT2D eigenvalue weighted by atomic mass is 31.0. The average Bonchev–Trinajstić information content (AvgIpc) is 2.42. The van der Waals surface area contributed by atoms with Gasteiger partial charge < -0.3 is 0 Å². The molecular weight excluding hydrogens is 259 g/mol. The third-order valence-electron chi connectivity index (χ3n) is 3.64. The zero-order valence-electron chi connectivity index (χ0n) is 13.3. The lowest BCUT2D eigenvalue weighted by Gasteiger charge is -2.05. The van der Waals surface area contributed by atoms with Crippen LogP contribution >= 0.6 is 9.24 Å². The maximum atomic E-state index is 2.84. The number of hydrogen-bond donors (Lipinski definition) is 0. The van der Waals surface area contributed by atoms with Crippen molar-refractivity contribution in [3.8, 4) is 0 Å². The summed E-state index contributed by atoms with van der Waals surface area (Å²) in [6.45, 7) is 4.48. The molecule has 0 amide bonds. The van der Waals surface area contributed by atoms with Crippen molar-refractivity contribution >= 4 is 14.5 Å². The first kappa shape index (κ1) is 17.4. The van der Waals surface area contributed by atoms with Crippen LogP contribution in [0.5, 0.6) is 0 Å². The molecule has 1 atom stereocenters. The summed E-state index contributed by atoms with van der Waals surface area (Å²) in [5.41, 5.74) is 1.50. The lowest BCUT2D eigenvalue weighted by molar-refractivity contribution is 0.596. The molecule has 20 heavy (non-hydrogen) atoms. The molecule has 0 N–H and O–H groups in total. The van der Waals surface area contributed by atoms with Crippen molar-refractivity contribution in [3.63, 3.8) is 0 Å². The Morgan fingerprint density at radius 3 is 2.30 bits per heavy atom. The molecule has 0 nitrogen and oxygen atoms in total. The van der Waals surface area contributed by atoms with E-state index >= 15 is 0 Å². The zero-order valence-corrected chi connectivity index (χ0v) is 14.4. The minimum atomic E-state index is 0.703. The van der Waals surface area contributed by atoms with Gasteiger partial charge in [-0.25, -0.2) is 0 Å². The third kappa shape index (κ3) is 8.54. The molecule has 0 saturated carbocycles. The molecule has 0 aliphatic rings. The minimum absolute atomic E-state index is 0.703. The lowest BCUT2D eigenvalue weighted by atomic mass is 10.0. The number of unbranched alkanes of at least 4 members (excludes halogenated alkanes) is 6.